The molecule has 0 aliphatic carbocycles. The number of carbonyl (C=O) groups excluding carboxylic acids is 1. The van der Waals surface area contributed by atoms with Gasteiger partial charge in [0.2, 0.25) is 0 Å². The van der Waals surface area contributed by atoms with Crippen molar-refractivity contribution < 1.29 is 9.53 Å². The normalized spacial score (nSPS) is 11.5. The fraction of sp³-hybridized carbons (Fsp3) is 0.294. The molecule has 0 spiro atoms. The predicted octanol–water partition coefficient (Wildman–Crippen LogP) is 2.69. The summed E-state index contributed by atoms with van der Waals surface area (Å²) in [6, 6.07) is 13.2. The Morgan fingerprint density at radius 2 is 2.00 bits per heavy atom. The van der Waals surface area contributed by atoms with Gasteiger partial charge in [-0.25, -0.2) is 4.79 Å². The SMILES string of the molecule is COc1ccc(CCNC(=O)N[C@H](C)c2ccccn2)cc1. The maximum absolute atomic E-state index is 11.8. The van der Waals surface area contributed by atoms with Gasteiger partial charge in [0.1, 0.15) is 5.75 Å². The van der Waals surface area contributed by atoms with Crippen LogP contribution in [-0.4, -0.2) is 24.7 Å². The van der Waals surface area contributed by atoms with Crippen LogP contribution in [-0.2, 0) is 6.42 Å². The van der Waals surface area contributed by atoms with Crippen LogP contribution in [0.1, 0.15) is 24.2 Å². The molecule has 0 aliphatic heterocycles. The van der Waals surface area contributed by atoms with E-state index in [-0.39, 0.29) is 12.1 Å². The molecular weight excluding hydrogens is 278 g/mol. The summed E-state index contributed by atoms with van der Waals surface area (Å²) in [5.41, 5.74) is 1.99. The van der Waals surface area contributed by atoms with Crippen molar-refractivity contribution in [2.24, 2.45) is 0 Å². The van der Waals surface area contributed by atoms with E-state index >= 15 is 0 Å². The Hall–Kier alpha value is -2.56. The predicted molar refractivity (Wildman–Crippen MR) is 85.9 cm³/mol. The lowest BCUT2D eigenvalue weighted by Gasteiger charge is -2.14. The number of hydrogen-bond donors (Lipinski definition) is 2. The molecular formula is C17H21N3O2. The minimum Gasteiger partial charge on any atom is -0.497 e. The molecule has 1 aromatic carbocycles. The highest BCUT2D eigenvalue weighted by Gasteiger charge is 2.09. The molecule has 5 heteroatoms. The summed E-state index contributed by atoms with van der Waals surface area (Å²) in [5, 5.41) is 5.72. The van der Waals surface area contributed by atoms with E-state index in [2.05, 4.69) is 15.6 Å². The number of rotatable bonds is 6. The molecule has 1 atom stereocenters. The second-order valence-electron chi connectivity index (χ2n) is 4.97. The zero-order valence-electron chi connectivity index (χ0n) is 12.9. The molecule has 0 radical (unpaired) electrons. The largest absolute Gasteiger partial charge is 0.497 e. The molecule has 0 unspecified atom stereocenters. The third-order valence-electron chi connectivity index (χ3n) is 3.34. The van der Waals surface area contributed by atoms with Crippen molar-refractivity contribution in [3.05, 3.63) is 59.9 Å². The summed E-state index contributed by atoms with van der Waals surface area (Å²) in [6.45, 7) is 2.48. The molecule has 0 bridgehead atoms. The molecule has 1 heterocycles. The lowest BCUT2D eigenvalue weighted by Crippen LogP contribution is -2.38. The first kappa shape index (κ1) is 15.8. The van der Waals surface area contributed by atoms with Crippen LogP contribution in [0.25, 0.3) is 0 Å². The van der Waals surface area contributed by atoms with Crippen LogP contribution in [0.4, 0.5) is 4.79 Å². The third kappa shape index (κ3) is 4.77. The van der Waals surface area contributed by atoms with Crippen molar-refractivity contribution in [1.29, 1.82) is 0 Å². The molecule has 5 nitrogen and oxygen atoms in total. The standard InChI is InChI=1S/C17H21N3O2/c1-13(16-5-3-4-11-18-16)20-17(21)19-12-10-14-6-8-15(22-2)9-7-14/h3-9,11,13H,10,12H2,1-2H3,(H2,19,20,21)/t13-/m1/s1. The lowest BCUT2D eigenvalue weighted by atomic mass is 10.1. The fourth-order valence-electron chi connectivity index (χ4n) is 2.07. The van der Waals surface area contributed by atoms with Crippen molar-refractivity contribution in [2.45, 2.75) is 19.4 Å². The number of methoxy groups -OCH3 is 1. The van der Waals surface area contributed by atoms with Crippen LogP contribution in [0.2, 0.25) is 0 Å². The molecule has 116 valence electrons. The van der Waals surface area contributed by atoms with Gasteiger partial charge >= 0.3 is 6.03 Å². The van der Waals surface area contributed by atoms with Gasteiger partial charge in [-0.2, -0.15) is 0 Å². The highest BCUT2D eigenvalue weighted by atomic mass is 16.5. The van der Waals surface area contributed by atoms with Gasteiger partial charge in [0, 0.05) is 12.7 Å². The summed E-state index contributed by atoms with van der Waals surface area (Å²) in [4.78, 5) is 16.1. The van der Waals surface area contributed by atoms with E-state index in [1.54, 1.807) is 13.3 Å². The number of urea groups is 1. The summed E-state index contributed by atoms with van der Waals surface area (Å²) in [5.74, 6) is 0.832. The summed E-state index contributed by atoms with van der Waals surface area (Å²) < 4.78 is 5.11. The molecule has 2 aromatic rings. The maximum Gasteiger partial charge on any atom is 0.315 e. The zero-order valence-corrected chi connectivity index (χ0v) is 12.9. The summed E-state index contributed by atoms with van der Waals surface area (Å²) >= 11 is 0. The van der Waals surface area contributed by atoms with Crippen LogP contribution in [0.3, 0.4) is 0 Å². The van der Waals surface area contributed by atoms with Gasteiger partial charge in [0.15, 0.2) is 0 Å². The maximum atomic E-state index is 11.8. The first-order chi connectivity index (χ1) is 10.7. The van der Waals surface area contributed by atoms with E-state index < -0.39 is 0 Å². The van der Waals surface area contributed by atoms with Crippen molar-refractivity contribution in [3.8, 4) is 5.75 Å². The second-order valence-corrected chi connectivity index (χ2v) is 4.97. The van der Waals surface area contributed by atoms with Gasteiger partial charge in [-0.1, -0.05) is 18.2 Å². The molecule has 2 amide bonds. The first-order valence-electron chi connectivity index (χ1n) is 7.27. The number of nitrogens with one attached hydrogen (secondary N) is 2. The van der Waals surface area contributed by atoms with Crippen molar-refractivity contribution in [1.82, 2.24) is 15.6 Å². The van der Waals surface area contributed by atoms with Crippen LogP contribution >= 0.6 is 0 Å². The minimum absolute atomic E-state index is 0.123. The number of pyridine rings is 1. The molecule has 2 N–H and O–H groups in total. The highest BCUT2D eigenvalue weighted by Crippen LogP contribution is 2.11. The Balaban J connectivity index is 1.73. The van der Waals surface area contributed by atoms with Crippen LogP contribution in [0, 0.1) is 0 Å². The van der Waals surface area contributed by atoms with E-state index in [4.69, 9.17) is 4.74 Å². The van der Waals surface area contributed by atoms with E-state index in [1.165, 1.54) is 0 Å². The van der Waals surface area contributed by atoms with Gasteiger partial charge in [0.25, 0.3) is 0 Å². The quantitative estimate of drug-likeness (QED) is 0.862. The Kier molecular flexibility index (Phi) is 5.77. The molecule has 22 heavy (non-hydrogen) atoms. The van der Waals surface area contributed by atoms with Gasteiger partial charge in [-0.3, -0.25) is 4.98 Å². The van der Waals surface area contributed by atoms with Gasteiger partial charge in [-0.05, 0) is 43.2 Å². The van der Waals surface area contributed by atoms with E-state index in [9.17, 15) is 4.79 Å². The first-order valence-corrected chi connectivity index (χ1v) is 7.27. The highest BCUT2D eigenvalue weighted by molar-refractivity contribution is 5.74. The number of aromatic nitrogens is 1. The smallest absolute Gasteiger partial charge is 0.315 e. The van der Waals surface area contributed by atoms with Crippen molar-refractivity contribution >= 4 is 6.03 Å². The Labute approximate surface area is 130 Å². The average molecular weight is 299 g/mol. The summed E-state index contributed by atoms with van der Waals surface area (Å²) in [7, 11) is 1.64. The van der Waals surface area contributed by atoms with Gasteiger partial charge in [0.05, 0.1) is 18.8 Å². The van der Waals surface area contributed by atoms with Crippen LogP contribution < -0.4 is 15.4 Å². The molecule has 0 aliphatic rings. The second kappa shape index (κ2) is 8.02. The van der Waals surface area contributed by atoms with Gasteiger partial charge in [-0.15, -0.1) is 0 Å². The van der Waals surface area contributed by atoms with Crippen molar-refractivity contribution in [2.75, 3.05) is 13.7 Å². The number of carbonyl (C=O) groups is 1. The van der Waals surface area contributed by atoms with Crippen LogP contribution in [0.15, 0.2) is 48.7 Å². The topological polar surface area (TPSA) is 63.2 Å². The molecule has 0 saturated heterocycles. The molecule has 2 rings (SSSR count). The Bertz CT molecular complexity index is 585. The molecule has 1 aromatic heterocycles. The van der Waals surface area contributed by atoms with E-state index in [1.807, 2.05) is 49.4 Å². The van der Waals surface area contributed by atoms with Crippen molar-refractivity contribution in [3.63, 3.8) is 0 Å². The fourth-order valence-corrected chi connectivity index (χ4v) is 2.07. The average Bonchev–Trinajstić information content (AvgIpc) is 2.56. The number of ether oxygens (including phenoxy) is 1. The van der Waals surface area contributed by atoms with E-state index in [0.717, 1.165) is 23.4 Å². The lowest BCUT2D eigenvalue weighted by molar-refractivity contribution is 0.238. The monoisotopic (exact) mass is 299 g/mol. The molecule has 0 fully saturated rings. The third-order valence-corrected chi connectivity index (χ3v) is 3.34. The van der Waals surface area contributed by atoms with Gasteiger partial charge < -0.3 is 15.4 Å². The Morgan fingerprint density at radius 3 is 2.64 bits per heavy atom. The number of benzene rings is 1. The number of hydrogen-bond acceptors (Lipinski definition) is 3. The number of amides is 2. The zero-order chi connectivity index (χ0) is 15.8. The number of nitrogens with zero attached hydrogens (tertiary/aromatic N) is 1. The minimum atomic E-state index is -0.188. The summed E-state index contributed by atoms with van der Waals surface area (Å²) in [6.07, 6.45) is 2.49. The van der Waals surface area contributed by atoms with E-state index in [0.29, 0.717) is 6.54 Å². The Morgan fingerprint density at radius 1 is 1.23 bits per heavy atom. The molecule has 0 saturated carbocycles. The van der Waals surface area contributed by atoms with Crippen LogP contribution in [0.5, 0.6) is 5.75 Å².